The molecule has 84 valence electrons. The minimum absolute atomic E-state index is 0.130. The average molecular weight is 253 g/mol. The Morgan fingerprint density at radius 2 is 2.13 bits per heavy atom. The average Bonchev–Trinajstić information content (AvgIpc) is 2.09. The Bertz CT molecular complexity index is 476. The highest BCUT2D eigenvalue weighted by molar-refractivity contribution is 7.89. The summed E-state index contributed by atoms with van der Waals surface area (Å²) in [5.74, 6) is -0.865. The van der Waals surface area contributed by atoms with Crippen LogP contribution in [-0.4, -0.2) is 15.5 Å². The van der Waals surface area contributed by atoms with Crippen LogP contribution in [0.2, 0.25) is 5.02 Å². The summed E-state index contributed by atoms with van der Waals surface area (Å²) in [6.45, 7) is 0.176. The second kappa shape index (κ2) is 4.44. The molecule has 0 aliphatic carbocycles. The topological polar surface area (TPSA) is 72.2 Å². The van der Waals surface area contributed by atoms with Crippen molar-refractivity contribution in [1.82, 2.24) is 5.32 Å². The number of rotatable bonds is 3. The molecule has 0 amide bonds. The Morgan fingerprint density at radius 1 is 1.53 bits per heavy atom. The third kappa shape index (κ3) is 2.88. The fourth-order valence-corrected chi connectivity index (χ4v) is 2.12. The van der Waals surface area contributed by atoms with Crippen molar-refractivity contribution < 1.29 is 12.8 Å². The summed E-state index contributed by atoms with van der Waals surface area (Å²) in [6.07, 6.45) is 0. The van der Waals surface area contributed by atoms with Gasteiger partial charge in [-0.05, 0) is 19.2 Å². The van der Waals surface area contributed by atoms with E-state index in [1.54, 1.807) is 7.05 Å². The van der Waals surface area contributed by atoms with Gasteiger partial charge in [0.1, 0.15) is 10.7 Å². The second-order valence-electron chi connectivity index (χ2n) is 2.95. The molecule has 1 rings (SSSR count). The lowest BCUT2D eigenvalue weighted by Crippen LogP contribution is -2.16. The summed E-state index contributed by atoms with van der Waals surface area (Å²) >= 11 is 5.65. The first-order valence-electron chi connectivity index (χ1n) is 4.01. The van der Waals surface area contributed by atoms with E-state index >= 15 is 0 Å². The Kier molecular flexibility index (Phi) is 3.67. The van der Waals surface area contributed by atoms with Gasteiger partial charge in [-0.2, -0.15) is 0 Å². The van der Waals surface area contributed by atoms with Crippen LogP contribution in [-0.2, 0) is 16.6 Å². The lowest BCUT2D eigenvalue weighted by atomic mass is 10.2. The van der Waals surface area contributed by atoms with E-state index in [4.69, 9.17) is 16.7 Å². The maximum atomic E-state index is 13.6. The summed E-state index contributed by atoms with van der Waals surface area (Å²) in [5.41, 5.74) is 0.161. The van der Waals surface area contributed by atoms with Gasteiger partial charge >= 0.3 is 0 Å². The molecule has 0 saturated heterocycles. The highest BCUT2D eigenvalue weighted by Crippen LogP contribution is 2.22. The van der Waals surface area contributed by atoms with E-state index in [9.17, 15) is 12.8 Å². The van der Waals surface area contributed by atoms with Crippen LogP contribution in [0.25, 0.3) is 0 Å². The Morgan fingerprint density at radius 3 is 2.60 bits per heavy atom. The van der Waals surface area contributed by atoms with Gasteiger partial charge in [0.15, 0.2) is 0 Å². The number of sulfonamides is 1. The molecule has 0 spiro atoms. The van der Waals surface area contributed by atoms with E-state index < -0.39 is 20.7 Å². The molecular weight excluding hydrogens is 243 g/mol. The summed E-state index contributed by atoms with van der Waals surface area (Å²) in [6, 6.07) is 2.34. The molecule has 1 aromatic carbocycles. The van der Waals surface area contributed by atoms with E-state index in [1.807, 2.05) is 0 Å². The smallest absolute Gasteiger partial charge is 0.241 e. The van der Waals surface area contributed by atoms with E-state index in [0.717, 1.165) is 6.07 Å². The Labute approximate surface area is 92.3 Å². The highest BCUT2D eigenvalue weighted by Gasteiger charge is 2.18. The molecule has 0 heterocycles. The summed E-state index contributed by atoms with van der Waals surface area (Å²) in [4.78, 5) is -0.583. The zero-order valence-electron chi connectivity index (χ0n) is 7.92. The van der Waals surface area contributed by atoms with Crippen molar-refractivity contribution >= 4 is 21.6 Å². The number of benzene rings is 1. The van der Waals surface area contributed by atoms with Crippen LogP contribution in [0.15, 0.2) is 17.0 Å². The lowest BCUT2D eigenvalue weighted by molar-refractivity contribution is 0.554. The van der Waals surface area contributed by atoms with Crippen LogP contribution in [0.4, 0.5) is 4.39 Å². The number of halogens is 2. The number of hydrogen-bond donors (Lipinski definition) is 2. The highest BCUT2D eigenvalue weighted by atomic mass is 35.5. The van der Waals surface area contributed by atoms with Crippen molar-refractivity contribution in [3.63, 3.8) is 0 Å². The molecule has 0 aromatic heterocycles. The van der Waals surface area contributed by atoms with E-state index in [1.165, 1.54) is 6.07 Å². The monoisotopic (exact) mass is 252 g/mol. The summed E-state index contributed by atoms with van der Waals surface area (Å²) in [7, 11) is -2.48. The SMILES string of the molecule is CNCc1cc(Cl)cc(S(N)(=O)=O)c1F. The molecule has 3 N–H and O–H groups in total. The first-order chi connectivity index (χ1) is 6.86. The van der Waals surface area contributed by atoms with Gasteiger partial charge in [-0.3, -0.25) is 0 Å². The maximum Gasteiger partial charge on any atom is 0.241 e. The predicted molar refractivity (Wildman–Crippen MR) is 55.5 cm³/mol. The van der Waals surface area contributed by atoms with Gasteiger partial charge in [-0.25, -0.2) is 17.9 Å². The molecule has 4 nitrogen and oxygen atoms in total. The normalized spacial score (nSPS) is 11.7. The van der Waals surface area contributed by atoms with Crippen LogP contribution < -0.4 is 10.5 Å². The number of primary sulfonamides is 1. The van der Waals surface area contributed by atoms with Gasteiger partial charge in [0.2, 0.25) is 10.0 Å². The standard InChI is InChI=1S/C8H10ClFN2O2S/c1-12-4-5-2-6(9)3-7(8(5)10)15(11,13)14/h2-3,12H,4H2,1H3,(H2,11,13,14). The Balaban J connectivity index is 3.42. The van der Waals surface area contributed by atoms with Gasteiger partial charge in [-0.15, -0.1) is 0 Å². The summed E-state index contributed by atoms with van der Waals surface area (Å²) in [5, 5.41) is 7.67. The molecule has 15 heavy (non-hydrogen) atoms. The van der Waals surface area contributed by atoms with Gasteiger partial charge in [0.05, 0.1) is 0 Å². The molecular formula is C8H10ClFN2O2S. The molecule has 0 atom stereocenters. The van der Waals surface area contributed by atoms with E-state index in [2.05, 4.69) is 5.32 Å². The number of hydrogen-bond acceptors (Lipinski definition) is 3. The fraction of sp³-hybridized carbons (Fsp3) is 0.250. The zero-order chi connectivity index (χ0) is 11.6. The quantitative estimate of drug-likeness (QED) is 0.838. The number of nitrogens with two attached hydrogens (primary N) is 1. The van der Waals surface area contributed by atoms with Crippen molar-refractivity contribution in [3.05, 3.63) is 28.5 Å². The summed E-state index contributed by atoms with van der Waals surface area (Å²) < 4.78 is 35.6. The van der Waals surface area contributed by atoms with Crippen molar-refractivity contribution in [2.45, 2.75) is 11.4 Å². The van der Waals surface area contributed by atoms with Crippen LogP contribution in [0.5, 0.6) is 0 Å². The zero-order valence-corrected chi connectivity index (χ0v) is 9.49. The van der Waals surface area contributed by atoms with E-state index in [0.29, 0.717) is 0 Å². The minimum Gasteiger partial charge on any atom is -0.316 e. The first-order valence-corrected chi connectivity index (χ1v) is 5.94. The van der Waals surface area contributed by atoms with Crippen LogP contribution >= 0.6 is 11.6 Å². The fourth-order valence-electron chi connectivity index (χ4n) is 1.14. The van der Waals surface area contributed by atoms with Crippen molar-refractivity contribution in [2.75, 3.05) is 7.05 Å². The first kappa shape index (κ1) is 12.4. The third-order valence-electron chi connectivity index (χ3n) is 1.75. The van der Waals surface area contributed by atoms with Crippen LogP contribution in [0, 0.1) is 5.82 Å². The molecule has 0 fully saturated rings. The molecule has 0 saturated carbocycles. The molecule has 0 aliphatic heterocycles. The van der Waals surface area contributed by atoms with E-state index in [-0.39, 0.29) is 17.1 Å². The van der Waals surface area contributed by atoms with Gasteiger partial charge < -0.3 is 5.32 Å². The van der Waals surface area contributed by atoms with Crippen molar-refractivity contribution in [1.29, 1.82) is 0 Å². The number of nitrogens with one attached hydrogen (secondary N) is 1. The molecule has 7 heteroatoms. The molecule has 0 unspecified atom stereocenters. The molecule has 1 aromatic rings. The second-order valence-corrected chi connectivity index (χ2v) is 4.92. The van der Waals surface area contributed by atoms with Crippen LogP contribution in [0.1, 0.15) is 5.56 Å². The van der Waals surface area contributed by atoms with Gasteiger partial charge in [0.25, 0.3) is 0 Å². The third-order valence-corrected chi connectivity index (χ3v) is 2.88. The van der Waals surface area contributed by atoms with Gasteiger partial charge in [0, 0.05) is 17.1 Å². The predicted octanol–water partition coefficient (Wildman–Crippen LogP) is 0.846. The molecule has 0 bridgehead atoms. The Hall–Kier alpha value is -0.690. The van der Waals surface area contributed by atoms with Crippen molar-refractivity contribution in [2.24, 2.45) is 5.14 Å². The molecule has 0 radical (unpaired) electrons. The maximum absolute atomic E-state index is 13.6. The van der Waals surface area contributed by atoms with Crippen LogP contribution in [0.3, 0.4) is 0 Å². The lowest BCUT2D eigenvalue weighted by Gasteiger charge is -2.07. The van der Waals surface area contributed by atoms with Crippen molar-refractivity contribution in [3.8, 4) is 0 Å². The largest absolute Gasteiger partial charge is 0.316 e. The van der Waals surface area contributed by atoms with Gasteiger partial charge in [-0.1, -0.05) is 11.6 Å². The molecule has 0 aliphatic rings. The minimum atomic E-state index is -4.08.